The van der Waals surface area contributed by atoms with Crippen LogP contribution in [0, 0.1) is 0 Å². The molecular formula is C66H44N2. The largest absolute Gasteiger partial charge is 0.310 e. The molecule has 13 aromatic rings. The quantitative estimate of drug-likeness (QED) is 0.138. The Hall–Kier alpha value is -8.98. The molecule has 0 fully saturated rings. The molecule has 0 radical (unpaired) electrons. The molecule has 1 heterocycles. The lowest BCUT2D eigenvalue weighted by atomic mass is 9.95. The number of aromatic nitrogens is 1. The fourth-order valence-corrected chi connectivity index (χ4v) is 10.3. The standard InChI is InChI=1S/C66H44N2/c1-2-14-48(15-3-1)63-44-56(52-19-12-20-60(43-52)68-64-23-10-8-21-61(64)62-22-9-11-24-65(62)68)33-38-66(63)67(58-34-29-46(30-35-58)53-26-25-45-13-4-5-16-49(45)39-53)59-36-31-47(32-37-59)54-27-28-55-40-50-17-6-7-18-51(50)41-57(55)42-54/h1-44H. The SMILES string of the molecule is c1ccc(-c2cc(-c3cccc(-n4c5ccccc5c5ccccc54)c3)ccc2N(c2ccc(-c3ccc4ccccc4c3)cc2)c2ccc(-c3ccc4cc5ccccc5cc4c3)cc2)cc1. The molecule has 0 aliphatic rings. The number of benzene rings is 12. The summed E-state index contributed by atoms with van der Waals surface area (Å²) in [6.45, 7) is 0. The zero-order valence-electron chi connectivity index (χ0n) is 37.3. The topological polar surface area (TPSA) is 8.17 Å². The monoisotopic (exact) mass is 864 g/mol. The molecule has 0 aliphatic carbocycles. The summed E-state index contributed by atoms with van der Waals surface area (Å²) < 4.78 is 2.40. The minimum atomic E-state index is 1.08. The number of anilines is 3. The van der Waals surface area contributed by atoms with Crippen LogP contribution in [0.3, 0.4) is 0 Å². The Kier molecular flexibility index (Phi) is 9.54. The lowest BCUT2D eigenvalue weighted by Crippen LogP contribution is -2.11. The molecule has 318 valence electrons. The number of nitrogens with zero attached hydrogens (tertiary/aromatic N) is 2. The van der Waals surface area contributed by atoms with Gasteiger partial charge in [-0.2, -0.15) is 0 Å². The first-order valence-electron chi connectivity index (χ1n) is 23.4. The summed E-state index contributed by atoms with van der Waals surface area (Å²) in [5.41, 5.74) is 16.2. The number of hydrogen-bond donors (Lipinski definition) is 0. The van der Waals surface area contributed by atoms with Gasteiger partial charge in [-0.15, -0.1) is 0 Å². The molecule has 2 nitrogen and oxygen atoms in total. The Bertz CT molecular complexity index is 3960. The van der Waals surface area contributed by atoms with Gasteiger partial charge in [0.25, 0.3) is 0 Å². The molecule has 2 heteroatoms. The van der Waals surface area contributed by atoms with E-state index in [9.17, 15) is 0 Å². The predicted octanol–water partition coefficient (Wildman–Crippen LogP) is 18.4. The van der Waals surface area contributed by atoms with Crippen LogP contribution in [-0.4, -0.2) is 4.57 Å². The van der Waals surface area contributed by atoms with Crippen molar-refractivity contribution in [1.82, 2.24) is 4.57 Å². The van der Waals surface area contributed by atoms with Crippen LogP contribution in [0.2, 0.25) is 0 Å². The van der Waals surface area contributed by atoms with Crippen LogP contribution >= 0.6 is 0 Å². The second-order valence-corrected chi connectivity index (χ2v) is 17.8. The van der Waals surface area contributed by atoms with E-state index in [2.05, 4.69) is 276 Å². The molecule has 0 atom stereocenters. The first-order valence-corrected chi connectivity index (χ1v) is 23.4. The lowest BCUT2D eigenvalue weighted by molar-refractivity contribution is 1.18. The number of rotatable bonds is 8. The average molecular weight is 865 g/mol. The van der Waals surface area contributed by atoms with Crippen LogP contribution in [0.1, 0.15) is 0 Å². The highest BCUT2D eigenvalue weighted by molar-refractivity contribution is 6.09. The zero-order chi connectivity index (χ0) is 45.0. The van der Waals surface area contributed by atoms with Gasteiger partial charge in [0.1, 0.15) is 0 Å². The van der Waals surface area contributed by atoms with Crippen LogP contribution in [-0.2, 0) is 0 Å². The van der Waals surface area contributed by atoms with Gasteiger partial charge in [0.05, 0.1) is 16.7 Å². The van der Waals surface area contributed by atoms with Crippen molar-refractivity contribution in [1.29, 1.82) is 0 Å². The van der Waals surface area contributed by atoms with E-state index in [4.69, 9.17) is 0 Å². The van der Waals surface area contributed by atoms with Gasteiger partial charge < -0.3 is 9.47 Å². The average Bonchev–Trinajstić information content (AvgIpc) is 3.75. The van der Waals surface area contributed by atoms with Crippen molar-refractivity contribution in [2.45, 2.75) is 0 Å². The highest BCUT2D eigenvalue weighted by Crippen LogP contribution is 2.44. The third-order valence-corrected chi connectivity index (χ3v) is 13.7. The lowest BCUT2D eigenvalue weighted by Gasteiger charge is -2.29. The first kappa shape index (κ1) is 39.4. The van der Waals surface area contributed by atoms with E-state index >= 15 is 0 Å². The maximum absolute atomic E-state index is 2.42. The second-order valence-electron chi connectivity index (χ2n) is 17.8. The van der Waals surface area contributed by atoms with E-state index in [0.29, 0.717) is 0 Å². The Morgan fingerprint density at radius 1 is 0.250 bits per heavy atom. The molecule has 0 bridgehead atoms. The summed E-state index contributed by atoms with van der Waals surface area (Å²) >= 11 is 0. The molecule has 0 saturated heterocycles. The third kappa shape index (κ3) is 6.99. The summed E-state index contributed by atoms with van der Waals surface area (Å²) in [7, 11) is 0. The van der Waals surface area contributed by atoms with Crippen LogP contribution in [0.4, 0.5) is 17.1 Å². The highest BCUT2D eigenvalue weighted by atomic mass is 15.1. The van der Waals surface area contributed by atoms with Crippen molar-refractivity contribution in [3.05, 3.63) is 267 Å². The Balaban J connectivity index is 0.940. The molecule has 0 saturated carbocycles. The van der Waals surface area contributed by atoms with Crippen LogP contribution in [0.15, 0.2) is 267 Å². The van der Waals surface area contributed by atoms with Crippen molar-refractivity contribution in [3.8, 4) is 50.2 Å². The minimum Gasteiger partial charge on any atom is -0.310 e. The summed E-state index contributed by atoms with van der Waals surface area (Å²) in [4.78, 5) is 2.42. The number of para-hydroxylation sites is 2. The van der Waals surface area contributed by atoms with Gasteiger partial charge >= 0.3 is 0 Å². The zero-order valence-corrected chi connectivity index (χ0v) is 37.3. The number of hydrogen-bond acceptors (Lipinski definition) is 1. The van der Waals surface area contributed by atoms with Gasteiger partial charge in [-0.3, -0.25) is 0 Å². The molecule has 0 N–H and O–H groups in total. The van der Waals surface area contributed by atoms with Crippen molar-refractivity contribution >= 4 is 71.2 Å². The first-order chi connectivity index (χ1) is 33.7. The normalized spacial score (nSPS) is 11.5. The van der Waals surface area contributed by atoms with Gasteiger partial charge in [0.15, 0.2) is 0 Å². The summed E-state index contributed by atoms with van der Waals surface area (Å²) in [5.74, 6) is 0. The molecule has 0 unspecified atom stereocenters. The molecule has 13 rings (SSSR count). The van der Waals surface area contributed by atoms with E-state index in [1.165, 1.54) is 76.4 Å². The smallest absolute Gasteiger partial charge is 0.0541 e. The van der Waals surface area contributed by atoms with E-state index < -0.39 is 0 Å². The van der Waals surface area contributed by atoms with Gasteiger partial charge in [0.2, 0.25) is 0 Å². The minimum absolute atomic E-state index is 1.08. The Morgan fingerprint density at radius 3 is 1.34 bits per heavy atom. The molecule has 0 aliphatic heterocycles. The summed E-state index contributed by atoms with van der Waals surface area (Å²) in [6, 6.07) is 97.7. The molecule has 0 amide bonds. The third-order valence-electron chi connectivity index (χ3n) is 13.7. The fourth-order valence-electron chi connectivity index (χ4n) is 10.3. The molecular weight excluding hydrogens is 821 g/mol. The Morgan fingerprint density at radius 2 is 0.691 bits per heavy atom. The van der Waals surface area contributed by atoms with E-state index in [0.717, 1.165) is 45.0 Å². The molecule has 68 heavy (non-hydrogen) atoms. The van der Waals surface area contributed by atoms with E-state index in [-0.39, 0.29) is 0 Å². The van der Waals surface area contributed by atoms with Crippen molar-refractivity contribution in [2.75, 3.05) is 4.90 Å². The molecule has 0 spiro atoms. The maximum atomic E-state index is 2.42. The van der Waals surface area contributed by atoms with Crippen LogP contribution < -0.4 is 4.90 Å². The van der Waals surface area contributed by atoms with Crippen LogP contribution in [0.25, 0.3) is 104 Å². The maximum Gasteiger partial charge on any atom is 0.0541 e. The van der Waals surface area contributed by atoms with Gasteiger partial charge in [-0.25, -0.2) is 0 Å². The van der Waals surface area contributed by atoms with Gasteiger partial charge in [-0.05, 0) is 156 Å². The van der Waals surface area contributed by atoms with Crippen molar-refractivity contribution in [2.24, 2.45) is 0 Å². The van der Waals surface area contributed by atoms with Crippen molar-refractivity contribution < 1.29 is 0 Å². The van der Waals surface area contributed by atoms with Gasteiger partial charge in [0, 0.05) is 33.4 Å². The Labute approximate surface area is 395 Å². The highest BCUT2D eigenvalue weighted by Gasteiger charge is 2.20. The summed E-state index contributed by atoms with van der Waals surface area (Å²) in [6.07, 6.45) is 0. The molecule has 12 aromatic carbocycles. The number of fused-ring (bicyclic) bond motifs is 6. The second kappa shape index (κ2) is 16.5. The fraction of sp³-hybridized carbons (Fsp3) is 0. The van der Waals surface area contributed by atoms with E-state index in [1.54, 1.807) is 0 Å². The van der Waals surface area contributed by atoms with Crippen molar-refractivity contribution in [3.63, 3.8) is 0 Å². The van der Waals surface area contributed by atoms with Gasteiger partial charge in [-0.1, -0.05) is 182 Å². The predicted molar refractivity (Wildman–Crippen MR) is 290 cm³/mol. The summed E-state index contributed by atoms with van der Waals surface area (Å²) in [5, 5.41) is 10.0. The van der Waals surface area contributed by atoms with E-state index in [1.807, 2.05) is 0 Å². The molecule has 1 aromatic heterocycles. The van der Waals surface area contributed by atoms with Crippen LogP contribution in [0.5, 0.6) is 0 Å².